The topological polar surface area (TPSA) is 71.6 Å². The first-order chi connectivity index (χ1) is 10.6. The molecule has 3 rings (SSSR count). The van der Waals surface area contributed by atoms with Crippen LogP contribution in [-0.4, -0.2) is 23.9 Å². The van der Waals surface area contributed by atoms with Gasteiger partial charge in [0.25, 0.3) is 5.91 Å². The number of hydrazine groups is 1. The van der Waals surface area contributed by atoms with Crippen LogP contribution in [0.25, 0.3) is 0 Å². The van der Waals surface area contributed by atoms with Gasteiger partial charge in [-0.3, -0.25) is 15.6 Å². The van der Waals surface area contributed by atoms with E-state index in [2.05, 4.69) is 16.2 Å². The zero-order valence-corrected chi connectivity index (χ0v) is 13.4. The first kappa shape index (κ1) is 15.2. The number of thiocarbonyl (C=S) groups is 1. The molecule has 22 heavy (non-hydrogen) atoms. The summed E-state index contributed by atoms with van der Waals surface area (Å²) in [5.41, 5.74) is 5.61. The van der Waals surface area contributed by atoms with Crippen LogP contribution in [0.1, 0.15) is 36.0 Å². The maximum Gasteiger partial charge on any atom is 0.269 e. The number of fused-ring (bicyclic) bond motifs is 1. The highest BCUT2D eigenvalue weighted by atomic mass is 35.5. The fourth-order valence-corrected chi connectivity index (χ4v) is 3.06. The molecule has 8 heteroatoms. The molecule has 3 N–H and O–H groups in total. The van der Waals surface area contributed by atoms with Gasteiger partial charge in [-0.2, -0.15) is 0 Å². The van der Waals surface area contributed by atoms with E-state index in [0.717, 1.165) is 12.8 Å². The molecule has 1 aromatic rings. The Morgan fingerprint density at radius 3 is 2.77 bits per heavy atom. The van der Waals surface area contributed by atoms with E-state index in [-0.39, 0.29) is 12.7 Å². The monoisotopic (exact) mass is 341 g/mol. The van der Waals surface area contributed by atoms with Gasteiger partial charge in [0.2, 0.25) is 6.79 Å². The molecule has 0 unspecified atom stereocenters. The summed E-state index contributed by atoms with van der Waals surface area (Å²) in [6.07, 6.45) is 4.63. The average Bonchev–Trinajstić information content (AvgIpc) is 3.15. The van der Waals surface area contributed by atoms with Gasteiger partial charge in [0.1, 0.15) is 0 Å². The molecule has 2 aliphatic rings. The van der Waals surface area contributed by atoms with Crippen LogP contribution < -0.4 is 25.6 Å². The summed E-state index contributed by atoms with van der Waals surface area (Å²) in [4.78, 5) is 12.1. The normalized spacial score (nSPS) is 16.4. The third-order valence-electron chi connectivity index (χ3n) is 3.67. The van der Waals surface area contributed by atoms with Gasteiger partial charge in [0.15, 0.2) is 16.6 Å². The molecule has 0 spiro atoms. The van der Waals surface area contributed by atoms with E-state index >= 15 is 0 Å². The van der Waals surface area contributed by atoms with Crippen molar-refractivity contribution in [2.24, 2.45) is 0 Å². The summed E-state index contributed by atoms with van der Waals surface area (Å²) in [7, 11) is 0. The number of ether oxygens (including phenoxy) is 2. The molecule has 1 amide bonds. The maximum atomic E-state index is 12.1. The quantitative estimate of drug-likeness (QED) is 0.565. The lowest BCUT2D eigenvalue weighted by molar-refractivity contribution is 0.0943. The van der Waals surface area contributed by atoms with Crippen molar-refractivity contribution in [1.29, 1.82) is 0 Å². The molecule has 6 nitrogen and oxygen atoms in total. The average molecular weight is 342 g/mol. The number of carbonyl (C=O) groups is 1. The molecular formula is C14H16ClN3O3S. The molecule has 1 heterocycles. The fourth-order valence-electron chi connectivity index (χ4n) is 2.58. The van der Waals surface area contributed by atoms with Crippen LogP contribution in [0.5, 0.6) is 11.5 Å². The predicted octanol–water partition coefficient (Wildman–Crippen LogP) is 2.12. The van der Waals surface area contributed by atoms with Crippen molar-refractivity contribution in [3.63, 3.8) is 0 Å². The van der Waals surface area contributed by atoms with E-state index in [9.17, 15) is 4.79 Å². The highest BCUT2D eigenvalue weighted by molar-refractivity contribution is 7.80. The van der Waals surface area contributed by atoms with Crippen molar-refractivity contribution in [1.82, 2.24) is 16.2 Å². The summed E-state index contributed by atoms with van der Waals surface area (Å²) in [6, 6.07) is 3.50. The lowest BCUT2D eigenvalue weighted by Gasteiger charge is -2.16. The van der Waals surface area contributed by atoms with E-state index in [4.69, 9.17) is 33.3 Å². The third kappa shape index (κ3) is 3.36. The van der Waals surface area contributed by atoms with Crippen LogP contribution >= 0.6 is 23.8 Å². The zero-order valence-electron chi connectivity index (χ0n) is 11.8. The molecule has 1 aliphatic carbocycles. The van der Waals surface area contributed by atoms with Crippen molar-refractivity contribution >= 4 is 34.8 Å². The summed E-state index contributed by atoms with van der Waals surface area (Å²) < 4.78 is 10.4. The lowest BCUT2D eigenvalue weighted by Crippen LogP contribution is -2.49. The van der Waals surface area contributed by atoms with Crippen LogP contribution in [0, 0.1) is 0 Å². The Morgan fingerprint density at radius 1 is 1.23 bits per heavy atom. The molecule has 0 radical (unpaired) electrons. The maximum absolute atomic E-state index is 12.1. The van der Waals surface area contributed by atoms with Gasteiger partial charge in [-0.15, -0.1) is 0 Å². The molecule has 0 saturated heterocycles. The molecule has 1 saturated carbocycles. The summed E-state index contributed by atoms with van der Waals surface area (Å²) in [5, 5.41) is 3.92. The lowest BCUT2D eigenvalue weighted by atomic mass is 10.2. The van der Waals surface area contributed by atoms with Crippen molar-refractivity contribution < 1.29 is 14.3 Å². The second-order valence-corrected chi connectivity index (χ2v) is 6.04. The Kier molecular flexibility index (Phi) is 4.54. The van der Waals surface area contributed by atoms with Gasteiger partial charge in [-0.25, -0.2) is 0 Å². The Hall–Kier alpha value is -1.73. The number of halogens is 1. The van der Waals surface area contributed by atoms with Gasteiger partial charge in [0.05, 0.1) is 5.02 Å². The molecule has 1 aromatic carbocycles. The SMILES string of the molecule is O=C(NNC(=S)NC1CCCC1)c1cc(Cl)c2c(c1)OCO2. The van der Waals surface area contributed by atoms with E-state index in [1.807, 2.05) is 0 Å². The molecule has 0 aromatic heterocycles. The highest BCUT2D eigenvalue weighted by Gasteiger charge is 2.21. The Bertz CT molecular complexity index is 605. The van der Waals surface area contributed by atoms with Crippen LogP contribution in [0.4, 0.5) is 0 Å². The molecule has 1 aliphatic heterocycles. The molecule has 1 fully saturated rings. The van der Waals surface area contributed by atoms with Gasteiger partial charge >= 0.3 is 0 Å². The van der Waals surface area contributed by atoms with Crippen LogP contribution in [0.3, 0.4) is 0 Å². The number of benzene rings is 1. The number of nitrogens with one attached hydrogen (secondary N) is 3. The van der Waals surface area contributed by atoms with Crippen molar-refractivity contribution in [3.05, 3.63) is 22.7 Å². The van der Waals surface area contributed by atoms with Crippen molar-refractivity contribution in [2.45, 2.75) is 31.7 Å². The zero-order chi connectivity index (χ0) is 15.5. The first-order valence-corrected chi connectivity index (χ1v) is 7.88. The fraction of sp³-hybridized carbons (Fsp3) is 0.429. The van der Waals surface area contributed by atoms with Gasteiger partial charge in [0, 0.05) is 11.6 Å². The Labute approximate surface area is 138 Å². The largest absolute Gasteiger partial charge is 0.454 e. The minimum Gasteiger partial charge on any atom is -0.454 e. The Morgan fingerprint density at radius 2 is 2.00 bits per heavy atom. The number of hydrogen-bond acceptors (Lipinski definition) is 4. The van der Waals surface area contributed by atoms with Crippen molar-refractivity contribution in [3.8, 4) is 11.5 Å². The van der Waals surface area contributed by atoms with Crippen LogP contribution in [-0.2, 0) is 0 Å². The van der Waals surface area contributed by atoms with E-state index in [1.54, 1.807) is 6.07 Å². The molecule has 0 atom stereocenters. The smallest absolute Gasteiger partial charge is 0.269 e. The van der Waals surface area contributed by atoms with Gasteiger partial charge in [-0.1, -0.05) is 24.4 Å². The van der Waals surface area contributed by atoms with Gasteiger partial charge in [-0.05, 0) is 37.2 Å². The second kappa shape index (κ2) is 6.58. The predicted molar refractivity (Wildman–Crippen MR) is 86.2 cm³/mol. The number of amides is 1. The summed E-state index contributed by atoms with van der Waals surface area (Å²) in [5.74, 6) is 0.574. The summed E-state index contributed by atoms with van der Waals surface area (Å²) >= 11 is 11.2. The Balaban J connectivity index is 1.55. The van der Waals surface area contributed by atoms with E-state index < -0.39 is 0 Å². The standard InChI is InChI=1S/C14H16ClN3O3S/c15-10-5-8(6-11-12(10)21-7-20-11)13(19)17-18-14(22)16-9-3-1-2-4-9/h5-6,9H,1-4,7H2,(H,17,19)(H2,16,18,22). The molecular weight excluding hydrogens is 326 g/mol. The number of carbonyl (C=O) groups excluding carboxylic acids is 1. The molecule has 118 valence electrons. The second-order valence-electron chi connectivity index (χ2n) is 5.23. The van der Waals surface area contributed by atoms with E-state index in [1.165, 1.54) is 18.9 Å². The minimum absolute atomic E-state index is 0.105. The third-order valence-corrected chi connectivity index (χ3v) is 4.17. The molecule has 0 bridgehead atoms. The first-order valence-electron chi connectivity index (χ1n) is 7.09. The number of hydrogen-bond donors (Lipinski definition) is 3. The van der Waals surface area contributed by atoms with E-state index in [0.29, 0.717) is 33.2 Å². The minimum atomic E-state index is -0.351. The van der Waals surface area contributed by atoms with Crippen LogP contribution in [0.2, 0.25) is 5.02 Å². The summed E-state index contributed by atoms with van der Waals surface area (Å²) in [6.45, 7) is 0.105. The highest BCUT2D eigenvalue weighted by Crippen LogP contribution is 2.39. The van der Waals surface area contributed by atoms with Gasteiger partial charge < -0.3 is 14.8 Å². The van der Waals surface area contributed by atoms with Crippen LogP contribution in [0.15, 0.2) is 12.1 Å². The number of rotatable bonds is 2. The van der Waals surface area contributed by atoms with Crippen molar-refractivity contribution in [2.75, 3.05) is 6.79 Å².